The Balaban J connectivity index is 1.39. The van der Waals surface area contributed by atoms with Crippen molar-refractivity contribution in [1.82, 2.24) is 0 Å². The van der Waals surface area contributed by atoms with E-state index >= 15 is 0 Å². The van der Waals surface area contributed by atoms with Crippen molar-refractivity contribution in [3.8, 4) is 0 Å². The van der Waals surface area contributed by atoms with Gasteiger partial charge in [0.2, 0.25) is 0 Å². The molecule has 4 aliphatic carbocycles. The van der Waals surface area contributed by atoms with E-state index in [9.17, 15) is 10.2 Å². The van der Waals surface area contributed by atoms with Gasteiger partial charge in [0.15, 0.2) is 0 Å². The van der Waals surface area contributed by atoms with Crippen molar-refractivity contribution >= 4 is 0 Å². The summed E-state index contributed by atoms with van der Waals surface area (Å²) in [5.41, 5.74) is 4.08. The Kier molecular flexibility index (Phi) is 5.60. The van der Waals surface area contributed by atoms with Crippen LogP contribution in [0.15, 0.2) is 42.5 Å². The highest BCUT2D eigenvalue weighted by Gasteiger charge is 2.70. The molecule has 0 radical (unpaired) electrons. The first-order chi connectivity index (χ1) is 15.3. The van der Waals surface area contributed by atoms with Crippen molar-refractivity contribution in [1.29, 1.82) is 0 Å². The third kappa shape index (κ3) is 3.02. The van der Waals surface area contributed by atoms with Gasteiger partial charge < -0.3 is 20.7 Å². The fourth-order valence-corrected chi connectivity index (χ4v) is 8.30. The fraction of sp³-hybridized carbons (Fsp3) is 0.714. The Morgan fingerprint density at radius 1 is 0.969 bits per heavy atom. The zero-order chi connectivity index (χ0) is 22.6. The summed E-state index contributed by atoms with van der Waals surface area (Å²) >= 11 is 0. The lowest BCUT2D eigenvalue weighted by molar-refractivity contribution is -0.228. The summed E-state index contributed by atoms with van der Waals surface area (Å²) in [6.07, 6.45) is 12.7. The third-order valence-electron chi connectivity index (χ3n) is 10.4. The Bertz CT molecular complexity index is 857. The first-order valence-corrected chi connectivity index (χ1v) is 12.8. The van der Waals surface area contributed by atoms with Crippen LogP contribution in [0.2, 0.25) is 0 Å². The molecule has 0 aliphatic heterocycles. The van der Waals surface area contributed by atoms with Gasteiger partial charge in [-0.3, -0.25) is 0 Å². The summed E-state index contributed by atoms with van der Waals surface area (Å²) < 4.78 is 6.16. The van der Waals surface area contributed by atoms with Crippen molar-refractivity contribution in [3.05, 3.63) is 48.0 Å². The van der Waals surface area contributed by atoms with Crippen LogP contribution in [0.1, 0.15) is 70.8 Å². The van der Waals surface area contributed by atoms with E-state index in [2.05, 4.69) is 13.8 Å². The zero-order valence-corrected chi connectivity index (χ0v) is 19.8. The van der Waals surface area contributed by atoms with Crippen molar-refractivity contribution in [2.75, 3.05) is 13.2 Å². The van der Waals surface area contributed by atoms with E-state index in [1.165, 1.54) is 6.42 Å². The highest BCUT2D eigenvalue weighted by atomic mass is 16.5. The van der Waals surface area contributed by atoms with Gasteiger partial charge in [0.1, 0.15) is 5.60 Å². The van der Waals surface area contributed by atoms with Gasteiger partial charge in [-0.1, -0.05) is 50.3 Å². The molecule has 0 heterocycles. The SMILES string of the molecule is C[C@]12CCC(OCCCN)CC1CC[C@@H]1[C@H]2CC[C@]2(C)C(O)(c3ccccc3)C=C[C@@]12O. The van der Waals surface area contributed by atoms with Crippen LogP contribution in [0.4, 0.5) is 0 Å². The Morgan fingerprint density at radius 3 is 2.50 bits per heavy atom. The molecule has 32 heavy (non-hydrogen) atoms. The van der Waals surface area contributed by atoms with Crippen LogP contribution < -0.4 is 5.73 Å². The van der Waals surface area contributed by atoms with Gasteiger partial charge in [0.25, 0.3) is 0 Å². The molecule has 0 spiro atoms. The van der Waals surface area contributed by atoms with E-state index < -0.39 is 16.6 Å². The number of fused-ring (bicyclic) bond motifs is 5. The largest absolute Gasteiger partial charge is 0.385 e. The van der Waals surface area contributed by atoms with Crippen LogP contribution in [-0.2, 0) is 10.3 Å². The Morgan fingerprint density at radius 2 is 1.75 bits per heavy atom. The molecule has 5 rings (SSSR count). The van der Waals surface area contributed by atoms with E-state index in [0.29, 0.717) is 24.5 Å². The molecule has 8 atom stereocenters. The summed E-state index contributed by atoms with van der Waals surface area (Å²) in [6, 6.07) is 9.94. The number of rotatable bonds is 5. The highest BCUT2D eigenvalue weighted by Crippen LogP contribution is 2.69. The van der Waals surface area contributed by atoms with Crippen molar-refractivity contribution in [2.45, 2.75) is 82.5 Å². The topological polar surface area (TPSA) is 75.7 Å². The summed E-state index contributed by atoms with van der Waals surface area (Å²) in [6.45, 7) is 6.07. The molecule has 0 amide bonds. The maximum atomic E-state index is 12.3. The Hall–Kier alpha value is -1.20. The third-order valence-corrected chi connectivity index (χ3v) is 10.4. The van der Waals surface area contributed by atoms with Crippen LogP contribution in [-0.4, -0.2) is 35.1 Å². The maximum absolute atomic E-state index is 12.3. The predicted octanol–water partition coefficient (Wildman–Crippen LogP) is 4.54. The molecule has 4 nitrogen and oxygen atoms in total. The predicted molar refractivity (Wildman–Crippen MR) is 127 cm³/mol. The van der Waals surface area contributed by atoms with Gasteiger partial charge in [-0.05, 0) is 92.7 Å². The Labute approximate surface area is 193 Å². The number of ether oxygens (including phenoxy) is 1. The molecule has 3 fully saturated rings. The minimum absolute atomic E-state index is 0.200. The number of hydrogen-bond acceptors (Lipinski definition) is 4. The molecular weight excluding hydrogens is 398 g/mol. The summed E-state index contributed by atoms with van der Waals surface area (Å²) in [4.78, 5) is 0. The zero-order valence-electron chi connectivity index (χ0n) is 19.8. The van der Waals surface area contributed by atoms with Crippen LogP contribution in [0.3, 0.4) is 0 Å². The fourth-order valence-electron chi connectivity index (χ4n) is 8.30. The van der Waals surface area contributed by atoms with Gasteiger partial charge in [-0.2, -0.15) is 0 Å². The molecule has 0 bridgehead atoms. The second kappa shape index (κ2) is 7.94. The van der Waals surface area contributed by atoms with Crippen LogP contribution >= 0.6 is 0 Å². The molecule has 1 aromatic rings. The van der Waals surface area contributed by atoms with Gasteiger partial charge in [0, 0.05) is 12.0 Å². The first-order valence-electron chi connectivity index (χ1n) is 12.8. The van der Waals surface area contributed by atoms with Crippen LogP contribution in [0, 0.1) is 28.6 Å². The lowest BCUT2D eigenvalue weighted by Crippen LogP contribution is -2.65. The molecule has 3 unspecified atom stereocenters. The lowest BCUT2D eigenvalue weighted by atomic mass is 9.42. The minimum Gasteiger partial charge on any atom is -0.385 e. The number of nitrogens with two attached hydrogens (primary N) is 1. The van der Waals surface area contributed by atoms with E-state index in [0.717, 1.165) is 57.1 Å². The lowest BCUT2D eigenvalue weighted by Gasteiger charge is -2.64. The number of benzene rings is 1. The molecule has 4 heteroatoms. The quantitative estimate of drug-likeness (QED) is 0.465. The highest BCUT2D eigenvalue weighted by molar-refractivity contribution is 5.41. The molecule has 0 saturated heterocycles. The molecule has 0 aromatic heterocycles. The molecule has 1 aromatic carbocycles. The van der Waals surface area contributed by atoms with Gasteiger partial charge in [-0.15, -0.1) is 0 Å². The maximum Gasteiger partial charge on any atom is 0.116 e. The second-order valence-corrected chi connectivity index (χ2v) is 11.6. The molecule has 4 N–H and O–H groups in total. The second-order valence-electron chi connectivity index (χ2n) is 11.6. The number of aliphatic hydroxyl groups is 2. The average molecular weight is 440 g/mol. The molecule has 176 valence electrons. The van der Waals surface area contributed by atoms with Gasteiger partial charge in [0.05, 0.1) is 11.7 Å². The normalized spacial score (nSPS) is 47.5. The first kappa shape index (κ1) is 22.6. The van der Waals surface area contributed by atoms with Gasteiger partial charge in [-0.25, -0.2) is 0 Å². The van der Waals surface area contributed by atoms with E-state index in [1.807, 2.05) is 42.5 Å². The van der Waals surface area contributed by atoms with E-state index in [4.69, 9.17) is 10.5 Å². The smallest absolute Gasteiger partial charge is 0.116 e. The summed E-state index contributed by atoms with van der Waals surface area (Å²) in [7, 11) is 0. The standard InChI is InChI=1S/C28H41NO3/c1-25-13-11-22(32-18-6-17-29)19-21(25)9-10-24-23(25)12-14-26(2)27(30,15-16-28(24,26)31)20-7-4-3-5-8-20/h3-5,7-8,15-16,21-24,30-31H,6,9-14,17-19,29H2,1-2H3/t21?,22?,23-,24-,25+,26-,27?,28-/m1/s1. The minimum atomic E-state index is -1.12. The molecule has 3 saturated carbocycles. The molecule has 4 aliphatic rings. The van der Waals surface area contributed by atoms with Crippen molar-refractivity contribution in [3.63, 3.8) is 0 Å². The van der Waals surface area contributed by atoms with E-state index in [1.54, 1.807) is 0 Å². The summed E-state index contributed by atoms with van der Waals surface area (Å²) in [5, 5.41) is 24.2. The van der Waals surface area contributed by atoms with Crippen molar-refractivity contribution < 1.29 is 14.9 Å². The van der Waals surface area contributed by atoms with E-state index in [-0.39, 0.29) is 11.3 Å². The van der Waals surface area contributed by atoms with Crippen LogP contribution in [0.25, 0.3) is 0 Å². The monoisotopic (exact) mass is 439 g/mol. The van der Waals surface area contributed by atoms with Crippen molar-refractivity contribution in [2.24, 2.45) is 34.3 Å². The van der Waals surface area contributed by atoms with Crippen LogP contribution in [0.5, 0.6) is 0 Å². The average Bonchev–Trinajstić information content (AvgIpc) is 3.02. The summed E-state index contributed by atoms with van der Waals surface area (Å²) in [5.74, 6) is 1.35. The molecular formula is C28H41NO3. The van der Waals surface area contributed by atoms with Gasteiger partial charge >= 0.3 is 0 Å². The number of hydrogen-bond donors (Lipinski definition) is 3.